The summed E-state index contributed by atoms with van der Waals surface area (Å²) in [6.45, 7) is 3.55. The van der Waals surface area contributed by atoms with Gasteiger partial charge in [0.25, 0.3) is 0 Å². The zero-order valence-corrected chi connectivity index (χ0v) is 10.5. The van der Waals surface area contributed by atoms with Gasteiger partial charge in [-0.25, -0.2) is 0 Å². The van der Waals surface area contributed by atoms with Gasteiger partial charge < -0.3 is 11.1 Å². The van der Waals surface area contributed by atoms with Crippen LogP contribution in [0.2, 0.25) is 0 Å². The number of hydrogen-bond donors (Lipinski definition) is 2. The number of amides is 1. The maximum atomic E-state index is 11.7. The lowest BCUT2D eigenvalue weighted by Gasteiger charge is -2.22. The molecule has 3 nitrogen and oxygen atoms in total. The SMILES string of the molecule is CC(CCCN)C(=O)NCC1CCCCC1. The Morgan fingerprint density at radius 1 is 1.38 bits per heavy atom. The Morgan fingerprint density at radius 2 is 2.06 bits per heavy atom. The molecule has 1 fully saturated rings. The molecule has 0 heterocycles. The smallest absolute Gasteiger partial charge is 0.222 e. The van der Waals surface area contributed by atoms with Crippen LogP contribution in [-0.4, -0.2) is 19.0 Å². The molecule has 0 bridgehead atoms. The molecule has 0 aromatic rings. The fourth-order valence-electron chi connectivity index (χ4n) is 2.37. The zero-order valence-electron chi connectivity index (χ0n) is 10.5. The topological polar surface area (TPSA) is 55.1 Å². The van der Waals surface area contributed by atoms with Crippen LogP contribution in [0.1, 0.15) is 51.9 Å². The summed E-state index contributed by atoms with van der Waals surface area (Å²) in [4.78, 5) is 11.7. The highest BCUT2D eigenvalue weighted by Gasteiger charge is 2.16. The molecule has 1 rings (SSSR count). The predicted molar refractivity (Wildman–Crippen MR) is 67.0 cm³/mol. The number of hydrogen-bond acceptors (Lipinski definition) is 2. The van der Waals surface area contributed by atoms with Crippen LogP contribution >= 0.6 is 0 Å². The van der Waals surface area contributed by atoms with Gasteiger partial charge in [-0.3, -0.25) is 4.79 Å². The van der Waals surface area contributed by atoms with E-state index in [1.54, 1.807) is 0 Å². The summed E-state index contributed by atoms with van der Waals surface area (Å²) in [5.74, 6) is 1.05. The largest absolute Gasteiger partial charge is 0.356 e. The predicted octanol–water partition coefficient (Wildman–Crippen LogP) is 2.06. The summed E-state index contributed by atoms with van der Waals surface area (Å²) < 4.78 is 0. The van der Waals surface area contributed by atoms with Gasteiger partial charge in [-0.05, 0) is 38.1 Å². The first kappa shape index (κ1) is 13.5. The summed E-state index contributed by atoms with van der Waals surface area (Å²) >= 11 is 0. The molecule has 16 heavy (non-hydrogen) atoms. The average molecular weight is 226 g/mol. The van der Waals surface area contributed by atoms with Crippen LogP contribution in [0.25, 0.3) is 0 Å². The highest BCUT2D eigenvalue weighted by molar-refractivity contribution is 5.78. The van der Waals surface area contributed by atoms with Crippen molar-refractivity contribution in [1.29, 1.82) is 0 Å². The molecule has 94 valence electrons. The highest BCUT2D eigenvalue weighted by Crippen LogP contribution is 2.22. The van der Waals surface area contributed by atoms with Crippen molar-refractivity contribution in [3.63, 3.8) is 0 Å². The van der Waals surface area contributed by atoms with Crippen molar-refractivity contribution in [3.8, 4) is 0 Å². The lowest BCUT2D eigenvalue weighted by atomic mass is 9.89. The van der Waals surface area contributed by atoms with Gasteiger partial charge in [-0.1, -0.05) is 26.2 Å². The maximum absolute atomic E-state index is 11.7. The fraction of sp³-hybridized carbons (Fsp3) is 0.923. The minimum absolute atomic E-state index is 0.118. The molecule has 1 aliphatic rings. The van der Waals surface area contributed by atoms with Crippen molar-refractivity contribution in [2.45, 2.75) is 51.9 Å². The van der Waals surface area contributed by atoms with E-state index in [0.29, 0.717) is 6.54 Å². The molecule has 3 heteroatoms. The molecule has 0 spiro atoms. The molecular formula is C13H26N2O. The summed E-state index contributed by atoms with van der Waals surface area (Å²) in [6, 6.07) is 0. The molecule has 0 radical (unpaired) electrons. The standard InChI is InChI=1S/C13H26N2O/c1-11(6-5-9-14)13(16)15-10-12-7-3-2-4-8-12/h11-12H,2-10,14H2,1H3,(H,15,16). The van der Waals surface area contributed by atoms with Crippen molar-refractivity contribution in [1.82, 2.24) is 5.32 Å². The monoisotopic (exact) mass is 226 g/mol. The molecule has 1 unspecified atom stereocenters. The van der Waals surface area contributed by atoms with Gasteiger partial charge in [0.15, 0.2) is 0 Å². The molecule has 1 atom stereocenters. The average Bonchev–Trinajstić information content (AvgIpc) is 2.34. The second-order valence-electron chi connectivity index (χ2n) is 5.08. The molecule has 3 N–H and O–H groups in total. The quantitative estimate of drug-likeness (QED) is 0.728. The van der Waals surface area contributed by atoms with Crippen LogP contribution in [0, 0.1) is 11.8 Å². The third-order valence-corrected chi connectivity index (χ3v) is 3.58. The van der Waals surface area contributed by atoms with Gasteiger partial charge in [0.1, 0.15) is 0 Å². The van der Waals surface area contributed by atoms with Gasteiger partial charge in [-0.2, -0.15) is 0 Å². The van der Waals surface area contributed by atoms with Crippen LogP contribution in [0.15, 0.2) is 0 Å². The van der Waals surface area contributed by atoms with Crippen molar-refractivity contribution in [2.75, 3.05) is 13.1 Å². The van der Waals surface area contributed by atoms with E-state index >= 15 is 0 Å². The van der Waals surface area contributed by atoms with E-state index in [9.17, 15) is 4.79 Å². The minimum Gasteiger partial charge on any atom is -0.356 e. The summed E-state index contributed by atoms with van der Waals surface area (Å²) in [7, 11) is 0. The first-order valence-corrected chi connectivity index (χ1v) is 6.71. The molecule has 1 aliphatic carbocycles. The Hall–Kier alpha value is -0.570. The Morgan fingerprint density at radius 3 is 2.69 bits per heavy atom. The van der Waals surface area contributed by atoms with Gasteiger partial charge in [0.2, 0.25) is 5.91 Å². The molecule has 0 saturated heterocycles. The molecule has 0 aromatic heterocycles. The lowest BCUT2D eigenvalue weighted by Crippen LogP contribution is -2.34. The van der Waals surface area contributed by atoms with Crippen molar-refractivity contribution in [3.05, 3.63) is 0 Å². The molecule has 0 aliphatic heterocycles. The second kappa shape index (κ2) is 7.66. The third-order valence-electron chi connectivity index (χ3n) is 3.58. The molecule has 1 amide bonds. The van der Waals surface area contributed by atoms with Gasteiger partial charge >= 0.3 is 0 Å². The van der Waals surface area contributed by atoms with Gasteiger partial charge in [-0.15, -0.1) is 0 Å². The van der Waals surface area contributed by atoms with Gasteiger partial charge in [0.05, 0.1) is 0 Å². The summed E-state index contributed by atoms with van der Waals surface area (Å²) in [6.07, 6.45) is 8.48. The van der Waals surface area contributed by atoms with Crippen LogP contribution < -0.4 is 11.1 Å². The first-order chi connectivity index (χ1) is 7.74. The number of nitrogens with two attached hydrogens (primary N) is 1. The van der Waals surface area contributed by atoms with Crippen LogP contribution in [0.3, 0.4) is 0 Å². The summed E-state index contributed by atoms with van der Waals surface area (Å²) in [5, 5.41) is 3.08. The zero-order chi connectivity index (χ0) is 11.8. The van der Waals surface area contributed by atoms with E-state index in [2.05, 4.69) is 5.32 Å². The fourth-order valence-corrected chi connectivity index (χ4v) is 2.37. The normalized spacial score (nSPS) is 19.4. The van der Waals surface area contributed by atoms with E-state index in [4.69, 9.17) is 5.73 Å². The summed E-state index contributed by atoms with van der Waals surface area (Å²) in [5.41, 5.74) is 5.44. The van der Waals surface area contributed by atoms with Crippen LogP contribution in [-0.2, 0) is 4.79 Å². The van der Waals surface area contributed by atoms with Crippen molar-refractivity contribution < 1.29 is 4.79 Å². The van der Waals surface area contributed by atoms with E-state index in [1.807, 2.05) is 6.92 Å². The lowest BCUT2D eigenvalue weighted by molar-refractivity contribution is -0.124. The first-order valence-electron chi connectivity index (χ1n) is 6.71. The number of carbonyl (C=O) groups excluding carboxylic acids is 1. The number of rotatable bonds is 6. The Bertz CT molecular complexity index is 200. The van der Waals surface area contributed by atoms with E-state index in [1.165, 1.54) is 32.1 Å². The van der Waals surface area contributed by atoms with E-state index in [0.717, 1.165) is 25.3 Å². The van der Waals surface area contributed by atoms with E-state index < -0.39 is 0 Å². The van der Waals surface area contributed by atoms with E-state index in [-0.39, 0.29) is 11.8 Å². The maximum Gasteiger partial charge on any atom is 0.222 e. The van der Waals surface area contributed by atoms with Crippen LogP contribution in [0.5, 0.6) is 0 Å². The van der Waals surface area contributed by atoms with Gasteiger partial charge in [0, 0.05) is 12.5 Å². The van der Waals surface area contributed by atoms with Crippen molar-refractivity contribution in [2.24, 2.45) is 17.6 Å². The number of carbonyl (C=O) groups is 1. The van der Waals surface area contributed by atoms with Crippen molar-refractivity contribution >= 4 is 5.91 Å². The molecule has 0 aromatic carbocycles. The Kier molecular flexibility index (Phi) is 6.46. The molecule has 1 saturated carbocycles. The Labute approximate surface area is 99.2 Å². The number of nitrogens with one attached hydrogen (secondary N) is 1. The molecular weight excluding hydrogens is 200 g/mol. The minimum atomic E-state index is 0.118. The Balaban J connectivity index is 2.12. The third kappa shape index (κ3) is 4.97. The van der Waals surface area contributed by atoms with Crippen LogP contribution in [0.4, 0.5) is 0 Å². The second-order valence-corrected chi connectivity index (χ2v) is 5.08. The highest BCUT2D eigenvalue weighted by atomic mass is 16.1.